The molecule has 156 valence electrons. The van der Waals surface area contributed by atoms with Gasteiger partial charge in [-0.3, -0.25) is 19.9 Å². The summed E-state index contributed by atoms with van der Waals surface area (Å²) in [6, 6.07) is 13.4. The number of carbonyl (C=O) groups is 2. The van der Waals surface area contributed by atoms with Crippen LogP contribution < -0.4 is 15.4 Å². The van der Waals surface area contributed by atoms with Gasteiger partial charge in [-0.05, 0) is 30.0 Å². The molecule has 1 aromatic carbocycles. The van der Waals surface area contributed by atoms with Gasteiger partial charge in [0.05, 0.1) is 6.54 Å². The monoisotopic (exact) mass is 416 g/mol. The zero-order chi connectivity index (χ0) is 20.3. The first-order valence-electron chi connectivity index (χ1n) is 9.91. The summed E-state index contributed by atoms with van der Waals surface area (Å²) in [5.74, 6) is 0.621. The normalized spacial score (nSPS) is 15.0. The van der Waals surface area contributed by atoms with Crippen molar-refractivity contribution in [2.75, 3.05) is 52.4 Å². The molecule has 3 rings (SSSR count). The minimum Gasteiger partial charge on any atom is -0.492 e. The van der Waals surface area contributed by atoms with Crippen molar-refractivity contribution in [3.05, 3.63) is 52.7 Å². The van der Waals surface area contributed by atoms with Crippen LogP contribution in [0.25, 0.3) is 0 Å². The maximum absolute atomic E-state index is 12.1. The van der Waals surface area contributed by atoms with Crippen LogP contribution in [0.1, 0.15) is 4.88 Å². The lowest BCUT2D eigenvalue weighted by atomic mass is 10.3. The van der Waals surface area contributed by atoms with Crippen molar-refractivity contribution in [3.8, 4) is 5.75 Å². The van der Waals surface area contributed by atoms with E-state index >= 15 is 0 Å². The maximum Gasteiger partial charge on any atom is 0.321 e. The molecule has 0 radical (unpaired) electrons. The number of piperazine rings is 1. The number of benzene rings is 1. The molecule has 7 nitrogen and oxygen atoms in total. The van der Waals surface area contributed by atoms with Crippen LogP contribution in [0.4, 0.5) is 4.79 Å². The van der Waals surface area contributed by atoms with Crippen LogP contribution in [0.2, 0.25) is 0 Å². The molecule has 1 aliphatic heterocycles. The third-order valence-corrected chi connectivity index (χ3v) is 5.68. The Balaban J connectivity index is 1.24. The first-order valence-corrected chi connectivity index (χ1v) is 10.8. The van der Waals surface area contributed by atoms with Gasteiger partial charge in [0.15, 0.2) is 0 Å². The Morgan fingerprint density at radius 1 is 1.00 bits per heavy atom. The second-order valence-electron chi connectivity index (χ2n) is 6.91. The molecule has 0 atom stereocenters. The molecule has 0 bridgehead atoms. The van der Waals surface area contributed by atoms with Gasteiger partial charge in [-0.15, -0.1) is 11.3 Å². The van der Waals surface area contributed by atoms with Crippen LogP contribution in [0.15, 0.2) is 47.8 Å². The molecular formula is C21H28N4O3S. The van der Waals surface area contributed by atoms with Crippen LogP contribution in [0.3, 0.4) is 0 Å². The lowest BCUT2D eigenvalue weighted by Crippen LogP contribution is -2.51. The number of carbonyl (C=O) groups excluding carboxylic acids is 2. The van der Waals surface area contributed by atoms with E-state index in [1.165, 1.54) is 4.88 Å². The van der Waals surface area contributed by atoms with Gasteiger partial charge in [0.2, 0.25) is 5.91 Å². The topological polar surface area (TPSA) is 73.9 Å². The van der Waals surface area contributed by atoms with Crippen molar-refractivity contribution >= 4 is 23.3 Å². The van der Waals surface area contributed by atoms with E-state index in [9.17, 15) is 9.59 Å². The quantitative estimate of drug-likeness (QED) is 0.652. The molecule has 2 aromatic rings. The van der Waals surface area contributed by atoms with E-state index in [-0.39, 0.29) is 12.5 Å². The van der Waals surface area contributed by atoms with Gasteiger partial charge in [-0.1, -0.05) is 24.3 Å². The fourth-order valence-corrected chi connectivity index (χ4v) is 3.86. The van der Waals surface area contributed by atoms with Crippen molar-refractivity contribution in [1.82, 2.24) is 20.4 Å². The van der Waals surface area contributed by atoms with Gasteiger partial charge >= 0.3 is 6.03 Å². The Morgan fingerprint density at radius 3 is 2.48 bits per heavy atom. The number of nitrogens with one attached hydrogen (secondary N) is 2. The van der Waals surface area contributed by atoms with E-state index in [1.807, 2.05) is 47.8 Å². The number of hydrogen-bond donors (Lipinski definition) is 2. The lowest BCUT2D eigenvalue weighted by molar-refractivity contribution is -0.121. The molecule has 0 unspecified atom stereocenters. The average molecular weight is 417 g/mol. The van der Waals surface area contributed by atoms with E-state index in [1.54, 1.807) is 11.3 Å². The molecule has 1 fully saturated rings. The number of urea groups is 1. The fraction of sp³-hybridized carbons (Fsp3) is 0.429. The summed E-state index contributed by atoms with van der Waals surface area (Å²) in [5, 5.41) is 7.15. The van der Waals surface area contributed by atoms with Crippen LogP contribution >= 0.6 is 11.3 Å². The number of nitrogens with zero attached hydrogens (tertiary/aromatic N) is 2. The predicted octanol–water partition coefficient (Wildman–Crippen LogP) is 1.81. The molecule has 29 heavy (non-hydrogen) atoms. The van der Waals surface area contributed by atoms with E-state index in [0.717, 1.165) is 44.9 Å². The van der Waals surface area contributed by atoms with Crippen molar-refractivity contribution in [2.45, 2.75) is 6.42 Å². The molecular weight excluding hydrogens is 388 g/mol. The van der Waals surface area contributed by atoms with E-state index in [4.69, 9.17) is 4.74 Å². The predicted molar refractivity (Wildman–Crippen MR) is 114 cm³/mol. The fourth-order valence-electron chi connectivity index (χ4n) is 3.15. The molecule has 0 aliphatic carbocycles. The first-order chi connectivity index (χ1) is 14.2. The van der Waals surface area contributed by atoms with Gasteiger partial charge < -0.3 is 10.1 Å². The average Bonchev–Trinajstić information content (AvgIpc) is 3.23. The summed E-state index contributed by atoms with van der Waals surface area (Å²) < 4.78 is 5.74. The van der Waals surface area contributed by atoms with Crippen molar-refractivity contribution in [2.24, 2.45) is 0 Å². The number of rotatable bonds is 9. The summed E-state index contributed by atoms with van der Waals surface area (Å²) in [5.41, 5.74) is 0. The van der Waals surface area contributed by atoms with Crippen LogP contribution in [-0.4, -0.2) is 74.2 Å². The summed E-state index contributed by atoms with van der Waals surface area (Å²) in [7, 11) is 0. The first kappa shape index (κ1) is 21.3. The number of hydrogen-bond acceptors (Lipinski definition) is 6. The number of amides is 3. The highest BCUT2D eigenvalue weighted by Gasteiger charge is 2.19. The van der Waals surface area contributed by atoms with Crippen molar-refractivity contribution in [3.63, 3.8) is 0 Å². The highest BCUT2D eigenvalue weighted by Crippen LogP contribution is 2.09. The van der Waals surface area contributed by atoms with Crippen LogP contribution in [-0.2, 0) is 11.2 Å². The molecule has 3 amide bonds. The molecule has 2 heterocycles. The Labute approximate surface area is 175 Å². The third-order valence-electron chi connectivity index (χ3n) is 4.74. The summed E-state index contributed by atoms with van der Waals surface area (Å²) >= 11 is 1.66. The minimum atomic E-state index is -0.428. The standard InChI is InChI=1S/C21H28N4O3S/c26-20(23-21(27)22-9-8-19-7-4-16-29-19)17-25-12-10-24(11-13-25)14-15-28-18-5-2-1-3-6-18/h1-7,16H,8-15,17H2,(H2,22,23,26,27). The molecule has 8 heteroatoms. The zero-order valence-electron chi connectivity index (χ0n) is 16.5. The van der Waals surface area contributed by atoms with Gasteiger partial charge in [-0.25, -0.2) is 4.79 Å². The van der Waals surface area contributed by atoms with Gasteiger partial charge in [0.1, 0.15) is 12.4 Å². The Hall–Kier alpha value is -2.42. The highest BCUT2D eigenvalue weighted by molar-refractivity contribution is 7.09. The minimum absolute atomic E-state index is 0.243. The summed E-state index contributed by atoms with van der Waals surface area (Å²) in [6.07, 6.45) is 0.773. The summed E-state index contributed by atoms with van der Waals surface area (Å²) in [6.45, 7) is 5.65. The van der Waals surface area contributed by atoms with Gasteiger partial charge in [0, 0.05) is 44.1 Å². The number of imide groups is 1. The second kappa shape index (κ2) is 11.5. The number of ether oxygens (including phenoxy) is 1. The maximum atomic E-state index is 12.1. The third kappa shape index (κ3) is 7.84. The molecule has 1 aliphatic rings. The molecule has 0 spiro atoms. The van der Waals surface area contributed by atoms with Crippen molar-refractivity contribution in [1.29, 1.82) is 0 Å². The lowest BCUT2D eigenvalue weighted by Gasteiger charge is -2.34. The Bertz CT molecular complexity index is 747. The SMILES string of the molecule is O=C(CN1CCN(CCOc2ccccc2)CC1)NC(=O)NCCc1cccs1. The van der Waals surface area contributed by atoms with Crippen LogP contribution in [0, 0.1) is 0 Å². The summed E-state index contributed by atoms with van der Waals surface area (Å²) in [4.78, 5) is 29.5. The van der Waals surface area contributed by atoms with Gasteiger partial charge in [0.25, 0.3) is 0 Å². The highest BCUT2D eigenvalue weighted by atomic mass is 32.1. The Morgan fingerprint density at radius 2 is 1.76 bits per heavy atom. The molecule has 2 N–H and O–H groups in total. The molecule has 0 saturated carbocycles. The Kier molecular flexibility index (Phi) is 8.48. The molecule has 1 saturated heterocycles. The zero-order valence-corrected chi connectivity index (χ0v) is 17.3. The smallest absolute Gasteiger partial charge is 0.321 e. The number of thiophene rings is 1. The largest absolute Gasteiger partial charge is 0.492 e. The van der Waals surface area contributed by atoms with Gasteiger partial charge in [-0.2, -0.15) is 0 Å². The second-order valence-corrected chi connectivity index (χ2v) is 7.94. The van der Waals surface area contributed by atoms with E-state index < -0.39 is 6.03 Å². The van der Waals surface area contributed by atoms with E-state index in [0.29, 0.717) is 13.2 Å². The van der Waals surface area contributed by atoms with E-state index in [2.05, 4.69) is 20.4 Å². The number of para-hydroxylation sites is 1. The van der Waals surface area contributed by atoms with Crippen molar-refractivity contribution < 1.29 is 14.3 Å². The molecule has 1 aromatic heterocycles. The van der Waals surface area contributed by atoms with Crippen LogP contribution in [0.5, 0.6) is 5.75 Å².